The summed E-state index contributed by atoms with van der Waals surface area (Å²) < 4.78 is 5.74. The standard InChI is InChI=1S/C15H14N2O2/c1-3-16-10-5-7-11-13(8-10)19-15-12(14(11)18)6-4-9(2)17-15/h4-8,16H,3H2,1-2H3. The van der Waals surface area contributed by atoms with Gasteiger partial charge in [0.15, 0.2) is 0 Å². The third kappa shape index (κ3) is 1.95. The molecular weight excluding hydrogens is 240 g/mol. The fourth-order valence-corrected chi connectivity index (χ4v) is 2.14. The summed E-state index contributed by atoms with van der Waals surface area (Å²) in [5.41, 5.74) is 2.69. The van der Waals surface area contributed by atoms with Gasteiger partial charge in [0.05, 0.1) is 10.8 Å². The van der Waals surface area contributed by atoms with Crippen LogP contribution in [0.4, 0.5) is 5.69 Å². The van der Waals surface area contributed by atoms with Gasteiger partial charge in [0.1, 0.15) is 5.58 Å². The lowest BCUT2D eigenvalue weighted by Gasteiger charge is -2.05. The van der Waals surface area contributed by atoms with Crippen LogP contribution in [-0.4, -0.2) is 11.5 Å². The predicted molar refractivity (Wildman–Crippen MR) is 76.7 cm³/mol. The average Bonchev–Trinajstić information content (AvgIpc) is 2.38. The monoisotopic (exact) mass is 254 g/mol. The lowest BCUT2D eigenvalue weighted by Crippen LogP contribution is -2.04. The summed E-state index contributed by atoms with van der Waals surface area (Å²) in [5, 5.41) is 4.30. The maximum absolute atomic E-state index is 12.3. The van der Waals surface area contributed by atoms with E-state index in [0.29, 0.717) is 22.1 Å². The summed E-state index contributed by atoms with van der Waals surface area (Å²) in [5.74, 6) is 0. The van der Waals surface area contributed by atoms with Crippen LogP contribution in [0.2, 0.25) is 0 Å². The molecule has 4 nitrogen and oxygen atoms in total. The molecule has 2 aromatic heterocycles. The number of hydrogen-bond acceptors (Lipinski definition) is 4. The summed E-state index contributed by atoms with van der Waals surface area (Å²) in [6, 6.07) is 9.09. The van der Waals surface area contributed by atoms with Crippen LogP contribution in [-0.2, 0) is 0 Å². The van der Waals surface area contributed by atoms with Crippen molar-refractivity contribution in [3.05, 3.63) is 46.2 Å². The van der Waals surface area contributed by atoms with Gasteiger partial charge in [-0.15, -0.1) is 0 Å². The van der Waals surface area contributed by atoms with Crippen LogP contribution >= 0.6 is 0 Å². The van der Waals surface area contributed by atoms with Crippen molar-refractivity contribution in [1.29, 1.82) is 0 Å². The molecule has 0 amide bonds. The first-order valence-electron chi connectivity index (χ1n) is 6.27. The molecule has 0 unspecified atom stereocenters. The Morgan fingerprint density at radius 3 is 2.79 bits per heavy atom. The average molecular weight is 254 g/mol. The molecule has 0 aliphatic carbocycles. The molecule has 0 radical (unpaired) electrons. The smallest absolute Gasteiger partial charge is 0.230 e. The molecule has 0 saturated heterocycles. The number of aromatic nitrogens is 1. The van der Waals surface area contributed by atoms with Gasteiger partial charge in [0.25, 0.3) is 0 Å². The van der Waals surface area contributed by atoms with Crippen LogP contribution in [0, 0.1) is 6.92 Å². The second kappa shape index (κ2) is 4.39. The summed E-state index contributed by atoms with van der Waals surface area (Å²) >= 11 is 0. The topological polar surface area (TPSA) is 55.1 Å². The van der Waals surface area contributed by atoms with Crippen LogP contribution in [0.25, 0.3) is 22.1 Å². The Morgan fingerprint density at radius 1 is 1.21 bits per heavy atom. The molecule has 0 spiro atoms. The molecule has 4 heteroatoms. The van der Waals surface area contributed by atoms with Gasteiger partial charge in [-0.25, -0.2) is 4.98 Å². The lowest BCUT2D eigenvalue weighted by molar-refractivity contribution is 0.643. The molecule has 1 aromatic carbocycles. The van der Waals surface area contributed by atoms with Crippen molar-refractivity contribution in [2.24, 2.45) is 0 Å². The maximum atomic E-state index is 12.3. The Morgan fingerprint density at radius 2 is 2.00 bits per heavy atom. The fraction of sp³-hybridized carbons (Fsp3) is 0.200. The van der Waals surface area contributed by atoms with Crippen LogP contribution in [0.5, 0.6) is 0 Å². The van der Waals surface area contributed by atoms with Gasteiger partial charge >= 0.3 is 0 Å². The number of benzene rings is 1. The first-order chi connectivity index (χ1) is 9.19. The van der Waals surface area contributed by atoms with Gasteiger partial charge < -0.3 is 9.73 Å². The molecule has 0 saturated carbocycles. The van der Waals surface area contributed by atoms with Gasteiger partial charge in [-0.3, -0.25) is 4.79 Å². The first-order valence-corrected chi connectivity index (χ1v) is 6.27. The van der Waals surface area contributed by atoms with Crippen molar-refractivity contribution in [3.8, 4) is 0 Å². The van der Waals surface area contributed by atoms with E-state index in [1.165, 1.54) is 0 Å². The molecular formula is C15H14N2O2. The number of rotatable bonds is 2. The summed E-state index contributed by atoms with van der Waals surface area (Å²) in [7, 11) is 0. The largest absolute Gasteiger partial charge is 0.437 e. The van der Waals surface area contributed by atoms with Crippen LogP contribution in [0.1, 0.15) is 12.6 Å². The Balaban J connectivity index is 2.36. The predicted octanol–water partition coefficient (Wildman–Crippen LogP) is 3.08. The molecule has 2 heterocycles. The van der Waals surface area contributed by atoms with Crippen LogP contribution < -0.4 is 10.7 Å². The van der Waals surface area contributed by atoms with Crippen molar-refractivity contribution in [1.82, 2.24) is 4.98 Å². The van der Waals surface area contributed by atoms with Gasteiger partial charge in [-0.1, -0.05) is 0 Å². The van der Waals surface area contributed by atoms with Crippen molar-refractivity contribution in [2.75, 3.05) is 11.9 Å². The van der Waals surface area contributed by atoms with Crippen molar-refractivity contribution >= 4 is 27.8 Å². The number of pyridine rings is 1. The normalized spacial score (nSPS) is 11.1. The summed E-state index contributed by atoms with van der Waals surface area (Å²) in [4.78, 5) is 16.6. The van der Waals surface area contributed by atoms with Crippen molar-refractivity contribution in [3.63, 3.8) is 0 Å². The molecule has 0 fully saturated rings. The SMILES string of the molecule is CCNc1ccc2c(=O)c3ccc(C)nc3oc2c1. The van der Waals surface area contributed by atoms with Crippen molar-refractivity contribution < 1.29 is 4.42 Å². The second-order valence-corrected chi connectivity index (χ2v) is 4.48. The molecule has 19 heavy (non-hydrogen) atoms. The second-order valence-electron chi connectivity index (χ2n) is 4.48. The number of fused-ring (bicyclic) bond motifs is 2. The maximum Gasteiger partial charge on any atom is 0.230 e. The minimum Gasteiger partial charge on any atom is -0.437 e. The number of hydrogen-bond donors (Lipinski definition) is 1. The Labute approximate surface area is 110 Å². The third-order valence-corrected chi connectivity index (χ3v) is 3.06. The zero-order valence-electron chi connectivity index (χ0n) is 10.9. The molecule has 0 aliphatic rings. The summed E-state index contributed by atoms with van der Waals surface area (Å²) in [6.07, 6.45) is 0. The quantitative estimate of drug-likeness (QED) is 0.714. The van der Waals surface area contributed by atoms with E-state index in [9.17, 15) is 4.79 Å². The zero-order valence-corrected chi connectivity index (χ0v) is 10.9. The molecule has 3 rings (SSSR count). The Hall–Kier alpha value is -2.36. The minimum atomic E-state index is -0.0354. The van der Waals surface area contributed by atoms with E-state index in [1.807, 2.05) is 32.0 Å². The van der Waals surface area contributed by atoms with Crippen LogP contribution in [0.15, 0.2) is 39.5 Å². The third-order valence-electron chi connectivity index (χ3n) is 3.06. The van der Waals surface area contributed by atoms with Crippen LogP contribution in [0.3, 0.4) is 0 Å². The Bertz CT molecular complexity index is 821. The minimum absolute atomic E-state index is 0.0354. The highest BCUT2D eigenvalue weighted by atomic mass is 16.3. The molecule has 96 valence electrons. The lowest BCUT2D eigenvalue weighted by atomic mass is 10.1. The summed E-state index contributed by atoms with van der Waals surface area (Å²) in [6.45, 7) is 4.71. The van der Waals surface area contributed by atoms with Gasteiger partial charge in [-0.05, 0) is 38.1 Å². The van der Waals surface area contributed by atoms with E-state index in [1.54, 1.807) is 12.1 Å². The number of nitrogens with zero attached hydrogens (tertiary/aromatic N) is 1. The molecule has 0 bridgehead atoms. The van der Waals surface area contributed by atoms with Gasteiger partial charge in [0.2, 0.25) is 11.1 Å². The number of nitrogens with one attached hydrogen (secondary N) is 1. The molecule has 0 atom stereocenters. The van der Waals surface area contributed by atoms with E-state index >= 15 is 0 Å². The van der Waals surface area contributed by atoms with Crippen molar-refractivity contribution in [2.45, 2.75) is 13.8 Å². The highest BCUT2D eigenvalue weighted by Gasteiger charge is 2.09. The van der Waals surface area contributed by atoms with E-state index in [0.717, 1.165) is 17.9 Å². The zero-order chi connectivity index (χ0) is 13.4. The van der Waals surface area contributed by atoms with E-state index in [-0.39, 0.29) is 5.43 Å². The number of aryl methyl sites for hydroxylation is 1. The van der Waals surface area contributed by atoms with Gasteiger partial charge in [-0.2, -0.15) is 0 Å². The molecule has 1 N–H and O–H groups in total. The van der Waals surface area contributed by atoms with E-state index < -0.39 is 0 Å². The highest BCUT2D eigenvalue weighted by Crippen LogP contribution is 2.20. The number of anilines is 1. The molecule has 3 aromatic rings. The Kier molecular flexibility index (Phi) is 2.71. The molecule has 0 aliphatic heterocycles. The fourth-order valence-electron chi connectivity index (χ4n) is 2.14. The van der Waals surface area contributed by atoms with E-state index in [4.69, 9.17) is 4.42 Å². The highest BCUT2D eigenvalue weighted by molar-refractivity contribution is 5.89. The van der Waals surface area contributed by atoms with E-state index in [2.05, 4.69) is 10.3 Å². The van der Waals surface area contributed by atoms with Gasteiger partial charge in [0, 0.05) is 24.0 Å². The first kappa shape index (κ1) is 11.7.